The van der Waals surface area contributed by atoms with Gasteiger partial charge in [-0.2, -0.15) is 5.10 Å². The molecule has 23 heavy (non-hydrogen) atoms. The molecule has 2 aromatic carbocycles. The Kier molecular flexibility index (Phi) is 4.52. The lowest BCUT2D eigenvalue weighted by molar-refractivity contribution is -0.121. The maximum absolute atomic E-state index is 12.1. The van der Waals surface area contributed by atoms with Gasteiger partial charge in [0.15, 0.2) is 0 Å². The number of fused-ring (bicyclic) bond motifs is 1. The number of nitrogens with zero attached hydrogens (tertiary/aromatic N) is 2. The zero-order chi connectivity index (χ0) is 16.1. The number of aromatic nitrogens is 1. The van der Waals surface area contributed by atoms with E-state index in [9.17, 15) is 4.79 Å². The first-order valence-electron chi connectivity index (χ1n) is 7.62. The molecule has 0 bridgehead atoms. The van der Waals surface area contributed by atoms with Crippen molar-refractivity contribution in [1.29, 1.82) is 0 Å². The summed E-state index contributed by atoms with van der Waals surface area (Å²) >= 11 is 0. The highest BCUT2D eigenvalue weighted by Crippen LogP contribution is 2.14. The molecule has 1 heterocycles. The molecule has 0 saturated heterocycles. The predicted octanol–water partition coefficient (Wildman–Crippen LogP) is 3.38. The van der Waals surface area contributed by atoms with E-state index in [1.54, 1.807) is 0 Å². The molecule has 0 aliphatic rings. The van der Waals surface area contributed by atoms with Crippen LogP contribution in [0.25, 0.3) is 10.9 Å². The Bertz CT molecular complexity index is 834. The van der Waals surface area contributed by atoms with Crippen LogP contribution in [-0.4, -0.2) is 16.2 Å². The molecule has 0 spiro atoms. The zero-order valence-electron chi connectivity index (χ0n) is 13.1. The van der Waals surface area contributed by atoms with Crippen molar-refractivity contribution in [2.45, 2.75) is 19.9 Å². The topological polar surface area (TPSA) is 46.4 Å². The number of hydrogen-bond acceptors (Lipinski definition) is 2. The Morgan fingerprint density at radius 1 is 1.04 bits per heavy atom. The first-order valence-corrected chi connectivity index (χ1v) is 7.62. The van der Waals surface area contributed by atoms with Gasteiger partial charge in [-0.25, -0.2) is 5.43 Å². The van der Waals surface area contributed by atoms with E-state index in [2.05, 4.69) is 10.5 Å². The molecule has 0 fully saturated rings. The Balaban J connectivity index is 1.60. The van der Waals surface area contributed by atoms with Gasteiger partial charge in [-0.3, -0.25) is 4.79 Å². The van der Waals surface area contributed by atoms with Crippen LogP contribution in [0.3, 0.4) is 0 Å². The van der Waals surface area contributed by atoms with E-state index in [1.807, 2.05) is 78.4 Å². The molecular formula is C19H19N3O. The molecule has 4 heteroatoms. The number of carbonyl (C=O) groups is 1. The molecule has 0 aliphatic heterocycles. The summed E-state index contributed by atoms with van der Waals surface area (Å²) in [6.07, 6.45) is 2.65. The highest BCUT2D eigenvalue weighted by Gasteiger charge is 2.05. The van der Waals surface area contributed by atoms with Gasteiger partial charge in [-0.05, 0) is 30.0 Å². The van der Waals surface area contributed by atoms with Crippen molar-refractivity contribution in [1.82, 2.24) is 9.99 Å². The Hall–Kier alpha value is -2.88. The van der Waals surface area contributed by atoms with E-state index in [1.165, 1.54) is 5.56 Å². The Morgan fingerprint density at radius 2 is 1.78 bits per heavy atom. The van der Waals surface area contributed by atoms with Crippen LogP contribution in [0, 0.1) is 0 Å². The van der Waals surface area contributed by atoms with Crippen molar-refractivity contribution < 1.29 is 4.79 Å². The van der Waals surface area contributed by atoms with Gasteiger partial charge in [-0.15, -0.1) is 0 Å². The molecule has 0 saturated carbocycles. The molecule has 1 N–H and O–H groups in total. The number of hydrogen-bond donors (Lipinski definition) is 1. The second-order valence-corrected chi connectivity index (χ2v) is 5.55. The minimum Gasteiger partial charge on any atom is -0.338 e. The third kappa shape index (κ3) is 3.86. The fraction of sp³-hybridized carbons (Fsp3) is 0.158. The van der Waals surface area contributed by atoms with Crippen molar-refractivity contribution >= 4 is 22.5 Å². The molecule has 1 amide bonds. The molecule has 3 rings (SSSR count). The summed E-state index contributed by atoms with van der Waals surface area (Å²) in [4.78, 5) is 12.1. The van der Waals surface area contributed by atoms with E-state index >= 15 is 0 Å². The predicted molar refractivity (Wildman–Crippen MR) is 93.3 cm³/mol. The number of benzene rings is 2. The van der Waals surface area contributed by atoms with Gasteiger partial charge in [0, 0.05) is 23.8 Å². The van der Waals surface area contributed by atoms with E-state index in [0.29, 0.717) is 0 Å². The highest BCUT2D eigenvalue weighted by atomic mass is 16.2. The highest BCUT2D eigenvalue weighted by molar-refractivity contribution is 5.87. The van der Waals surface area contributed by atoms with Crippen molar-refractivity contribution in [3.63, 3.8) is 0 Å². The molecule has 0 radical (unpaired) electrons. The second kappa shape index (κ2) is 6.92. The van der Waals surface area contributed by atoms with Gasteiger partial charge < -0.3 is 4.57 Å². The maximum atomic E-state index is 12.1. The van der Waals surface area contributed by atoms with Gasteiger partial charge in [0.1, 0.15) is 6.54 Å². The van der Waals surface area contributed by atoms with Gasteiger partial charge in [0.25, 0.3) is 5.91 Å². The van der Waals surface area contributed by atoms with Crippen LogP contribution in [0.4, 0.5) is 0 Å². The molecule has 116 valence electrons. The third-order valence-corrected chi connectivity index (χ3v) is 3.67. The molecule has 4 nitrogen and oxygen atoms in total. The van der Waals surface area contributed by atoms with E-state index in [0.717, 1.165) is 23.0 Å². The van der Waals surface area contributed by atoms with Gasteiger partial charge in [-0.1, -0.05) is 48.5 Å². The van der Waals surface area contributed by atoms with Crippen molar-refractivity contribution in [2.24, 2.45) is 5.10 Å². The molecule has 1 aromatic heterocycles. The number of amides is 1. The van der Waals surface area contributed by atoms with E-state index < -0.39 is 0 Å². The van der Waals surface area contributed by atoms with Crippen LogP contribution in [0.15, 0.2) is 72.0 Å². The maximum Gasteiger partial charge on any atom is 0.259 e. The van der Waals surface area contributed by atoms with Crippen LogP contribution in [0.1, 0.15) is 12.5 Å². The Labute approximate surface area is 135 Å². The molecule has 0 atom stereocenters. The SMILES string of the molecule is C/C(Cc1ccccc1)=N/NC(=O)Cn1ccc2ccccc21. The molecule has 0 aliphatic carbocycles. The Morgan fingerprint density at radius 3 is 2.61 bits per heavy atom. The van der Waals surface area contributed by atoms with Gasteiger partial charge in [0.2, 0.25) is 0 Å². The second-order valence-electron chi connectivity index (χ2n) is 5.55. The third-order valence-electron chi connectivity index (χ3n) is 3.67. The number of hydrazone groups is 1. The summed E-state index contributed by atoms with van der Waals surface area (Å²) in [5.74, 6) is -0.126. The smallest absolute Gasteiger partial charge is 0.259 e. The van der Waals surface area contributed by atoms with Crippen LogP contribution in [0.2, 0.25) is 0 Å². The fourth-order valence-corrected chi connectivity index (χ4v) is 2.56. The van der Waals surface area contributed by atoms with Crippen LogP contribution in [-0.2, 0) is 17.8 Å². The average Bonchev–Trinajstić information content (AvgIpc) is 2.97. The number of rotatable bonds is 5. The molecular weight excluding hydrogens is 286 g/mol. The number of carbonyl (C=O) groups excluding carboxylic acids is 1. The largest absolute Gasteiger partial charge is 0.338 e. The normalized spacial score (nSPS) is 11.6. The quantitative estimate of drug-likeness (QED) is 0.570. The number of nitrogens with one attached hydrogen (secondary N) is 1. The average molecular weight is 305 g/mol. The monoisotopic (exact) mass is 305 g/mol. The fourth-order valence-electron chi connectivity index (χ4n) is 2.56. The number of para-hydroxylation sites is 1. The zero-order valence-corrected chi connectivity index (χ0v) is 13.1. The minimum absolute atomic E-state index is 0.126. The lowest BCUT2D eigenvalue weighted by Crippen LogP contribution is -2.24. The van der Waals surface area contributed by atoms with Gasteiger partial charge >= 0.3 is 0 Å². The summed E-state index contributed by atoms with van der Waals surface area (Å²) in [6.45, 7) is 2.17. The summed E-state index contributed by atoms with van der Waals surface area (Å²) < 4.78 is 1.92. The lowest BCUT2D eigenvalue weighted by atomic mass is 10.1. The summed E-state index contributed by atoms with van der Waals surface area (Å²) in [5.41, 5.74) is 5.74. The van der Waals surface area contributed by atoms with Crippen molar-refractivity contribution in [2.75, 3.05) is 0 Å². The minimum atomic E-state index is -0.126. The lowest BCUT2D eigenvalue weighted by Gasteiger charge is -2.05. The van der Waals surface area contributed by atoms with Crippen LogP contribution >= 0.6 is 0 Å². The van der Waals surface area contributed by atoms with E-state index in [4.69, 9.17) is 0 Å². The van der Waals surface area contributed by atoms with Crippen molar-refractivity contribution in [3.05, 3.63) is 72.4 Å². The first kappa shape index (κ1) is 15.0. The summed E-state index contributed by atoms with van der Waals surface area (Å²) in [7, 11) is 0. The van der Waals surface area contributed by atoms with E-state index in [-0.39, 0.29) is 12.5 Å². The van der Waals surface area contributed by atoms with Crippen molar-refractivity contribution in [3.8, 4) is 0 Å². The molecule has 0 unspecified atom stereocenters. The summed E-state index contributed by atoms with van der Waals surface area (Å²) in [6, 6.07) is 20.1. The summed E-state index contributed by atoms with van der Waals surface area (Å²) in [5, 5.41) is 5.31. The standard InChI is InChI=1S/C19H19N3O/c1-15(13-16-7-3-2-4-8-16)20-21-19(23)14-22-12-11-17-9-5-6-10-18(17)22/h2-12H,13-14H2,1H3,(H,21,23)/b20-15-. The molecule has 3 aromatic rings. The van der Waals surface area contributed by atoms with Crippen LogP contribution < -0.4 is 5.43 Å². The van der Waals surface area contributed by atoms with Gasteiger partial charge in [0.05, 0.1) is 0 Å². The van der Waals surface area contributed by atoms with Crippen LogP contribution in [0.5, 0.6) is 0 Å². The first-order chi connectivity index (χ1) is 11.2.